The van der Waals surface area contributed by atoms with Gasteiger partial charge in [-0.2, -0.15) is 0 Å². The van der Waals surface area contributed by atoms with E-state index < -0.39 is 0 Å². The van der Waals surface area contributed by atoms with Gasteiger partial charge in [0.05, 0.1) is 23.8 Å². The molecule has 3 aromatic carbocycles. The number of benzene rings is 3. The summed E-state index contributed by atoms with van der Waals surface area (Å²) >= 11 is 6.31. The van der Waals surface area contributed by atoms with E-state index in [9.17, 15) is 0 Å². The second-order valence-electron chi connectivity index (χ2n) is 7.49. The van der Waals surface area contributed by atoms with Crippen molar-refractivity contribution in [3.63, 3.8) is 0 Å². The van der Waals surface area contributed by atoms with E-state index >= 15 is 0 Å². The van der Waals surface area contributed by atoms with Crippen LogP contribution in [0.25, 0.3) is 0 Å². The van der Waals surface area contributed by atoms with Gasteiger partial charge in [-0.05, 0) is 68.3 Å². The molecule has 0 unspecified atom stereocenters. The van der Waals surface area contributed by atoms with E-state index in [1.165, 1.54) is 0 Å². The molecule has 3 nitrogen and oxygen atoms in total. The lowest BCUT2D eigenvalue weighted by molar-refractivity contribution is -0.0287. The maximum absolute atomic E-state index is 6.31. The Bertz CT molecular complexity index is 922. The molecule has 3 rings (SSSR count). The zero-order chi connectivity index (χ0) is 20.7. The van der Waals surface area contributed by atoms with E-state index in [4.69, 9.17) is 25.8 Å². The summed E-state index contributed by atoms with van der Waals surface area (Å²) in [5.41, 5.74) is 1.84. The molecule has 0 aliphatic carbocycles. The van der Waals surface area contributed by atoms with Crippen LogP contribution in [0.1, 0.15) is 31.9 Å². The van der Waals surface area contributed by atoms with Crippen molar-refractivity contribution in [2.75, 3.05) is 6.61 Å². The van der Waals surface area contributed by atoms with Crippen molar-refractivity contribution in [1.82, 2.24) is 0 Å². The standard InChI is InChI=1S/C25H27ClO3/c1-4-27-24-14-13-19(16-23(24)26)17-25(2,3)28-18-20-9-8-12-22(15-20)29-21-10-6-5-7-11-21/h5-16H,4,17-18H2,1-3H3. The molecular formula is C25H27ClO3. The van der Waals surface area contributed by atoms with Gasteiger partial charge in [-0.3, -0.25) is 0 Å². The second kappa shape index (κ2) is 9.82. The first kappa shape index (κ1) is 21.2. The molecule has 0 saturated carbocycles. The molecule has 4 heteroatoms. The van der Waals surface area contributed by atoms with Gasteiger partial charge in [0, 0.05) is 6.42 Å². The molecule has 0 fully saturated rings. The highest BCUT2D eigenvalue weighted by molar-refractivity contribution is 6.32. The zero-order valence-corrected chi connectivity index (χ0v) is 17.9. The fourth-order valence-corrected chi connectivity index (χ4v) is 3.33. The Morgan fingerprint density at radius 3 is 2.31 bits per heavy atom. The highest BCUT2D eigenvalue weighted by atomic mass is 35.5. The van der Waals surface area contributed by atoms with Gasteiger partial charge in [0.1, 0.15) is 17.2 Å². The fraction of sp³-hybridized carbons (Fsp3) is 0.280. The Morgan fingerprint density at radius 2 is 1.59 bits per heavy atom. The molecule has 0 aliphatic rings. The predicted octanol–water partition coefficient (Wildman–Crippen LogP) is 7.07. The van der Waals surface area contributed by atoms with Gasteiger partial charge in [0.2, 0.25) is 0 Å². The average Bonchev–Trinajstić information content (AvgIpc) is 2.70. The first-order valence-electron chi connectivity index (χ1n) is 9.82. The average molecular weight is 411 g/mol. The molecule has 0 atom stereocenters. The van der Waals surface area contributed by atoms with E-state index in [0.717, 1.165) is 29.0 Å². The van der Waals surface area contributed by atoms with Crippen molar-refractivity contribution in [1.29, 1.82) is 0 Å². The highest BCUT2D eigenvalue weighted by Gasteiger charge is 2.20. The van der Waals surface area contributed by atoms with Crippen LogP contribution in [-0.2, 0) is 17.8 Å². The van der Waals surface area contributed by atoms with Crippen molar-refractivity contribution < 1.29 is 14.2 Å². The fourth-order valence-electron chi connectivity index (χ4n) is 3.07. The zero-order valence-electron chi connectivity index (χ0n) is 17.2. The Morgan fingerprint density at radius 1 is 0.828 bits per heavy atom. The summed E-state index contributed by atoms with van der Waals surface area (Å²) in [6, 6.07) is 23.7. The van der Waals surface area contributed by atoms with Gasteiger partial charge < -0.3 is 14.2 Å². The second-order valence-corrected chi connectivity index (χ2v) is 7.89. The van der Waals surface area contributed by atoms with Crippen molar-refractivity contribution in [2.45, 2.75) is 39.4 Å². The molecule has 0 heterocycles. The normalized spacial score (nSPS) is 11.3. The predicted molar refractivity (Wildman–Crippen MR) is 118 cm³/mol. The van der Waals surface area contributed by atoms with Crippen LogP contribution in [0.2, 0.25) is 5.02 Å². The van der Waals surface area contributed by atoms with Crippen LogP contribution in [0.5, 0.6) is 17.2 Å². The minimum absolute atomic E-state index is 0.341. The maximum atomic E-state index is 6.31. The summed E-state index contributed by atoms with van der Waals surface area (Å²) in [5, 5.41) is 0.630. The molecule has 3 aromatic rings. The third kappa shape index (κ3) is 6.52. The van der Waals surface area contributed by atoms with E-state index in [0.29, 0.717) is 24.0 Å². The Balaban J connectivity index is 1.60. The lowest BCUT2D eigenvalue weighted by Gasteiger charge is -2.26. The number of rotatable bonds is 9. The van der Waals surface area contributed by atoms with Crippen molar-refractivity contribution in [3.8, 4) is 17.2 Å². The van der Waals surface area contributed by atoms with Crippen LogP contribution in [0.4, 0.5) is 0 Å². The Hall–Kier alpha value is -2.49. The van der Waals surface area contributed by atoms with Gasteiger partial charge in [-0.15, -0.1) is 0 Å². The quantitative estimate of drug-likeness (QED) is 0.377. The van der Waals surface area contributed by atoms with Gasteiger partial charge in [0.15, 0.2) is 0 Å². The summed E-state index contributed by atoms with van der Waals surface area (Å²) in [6.07, 6.45) is 0.749. The first-order valence-corrected chi connectivity index (χ1v) is 10.2. The van der Waals surface area contributed by atoms with Crippen LogP contribution in [0.15, 0.2) is 72.8 Å². The van der Waals surface area contributed by atoms with E-state index in [1.54, 1.807) is 0 Å². The Kier molecular flexibility index (Phi) is 7.18. The van der Waals surface area contributed by atoms with Gasteiger partial charge in [0.25, 0.3) is 0 Å². The molecule has 0 saturated heterocycles. The number of ether oxygens (including phenoxy) is 3. The molecule has 0 bridgehead atoms. The summed E-state index contributed by atoms with van der Waals surface area (Å²) in [6.45, 7) is 7.22. The third-order valence-electron chi connectivity index (χ3n) is 4.43. The molecule has 29 heavy (non-hydrogen) atoms. The molecule has 0 radical (unpaired) electrons. The van der Waals surface area contributed by atoms with Crippen molar-refractivity contribution >= 4 is 11.6 Å². The van der Waals surface area contributed by atoms with Gasteiger partial charge >= 0.3 is 0 Å². The first-order chi connectivity index (χ1) is 13.9. The minimum atomic E-state index is -0.341. The summed E-state index contributed by atoms with van der Waals surface area (Å²) in [5.74, 6) is 2.33. The summed E-state index contributed by atoms with van der Waals surface area (Å²) in [7, 11) is 0. The van der Waals surface area contributed by atoms with Crippen LogP contribution in [0.3, 0.4) is 0 Å². The third-order valence-corrected chi connectivity index (χ3v) is 4.73. The molecular weight excluding hydrogens is 384 g/mol. The molecule has 0 N–H and O–H groups in total. The topological polar surface area (TPSA) is 27.7 Å². The van der Waals surface area contributed by atoms with Crippen molar-refractivity contribution in [3.05, 3.63) is 88.9 Å². The number of para-hydroxylation sites is 1. The summed E-state index contributed by atoms with van der Waals surface area (Å²) in [4.78, 5) is 0. The van der Waals surface area contributed by atoms with E-state index in [1.807, 2.05) is 79.7 Å². The molecule has 0 spiro atoms. The van der Waals surface area contributed by atoms with Crippen molar-refractivity contribution in [2.24, 2.45) is 0 Å². The maximum Gasteiger partial charge on any atom is 0.137 e. The smallest absolute Gasteiger partial charge is 0.137 e. The molecule has 0 aromatic heterocycles. The van der Waals surface area contributed by atoms with E-state index in [-0.39, 0.29) is 5.60 Å². The molecule has 152 valence electrons. The number of hydrogen-bond acceptors (Lipinski definition) is 3. The van der Waals surface area contributed by atoms with Gasteiger partial charge in [-0.1, -0.05) is 48.0 Å². The lowest BCUT2D eigenvalue weighted by Crippen LogP contribution is -2.27. The van der Waals surface area contributed by atoms with Crippen LogP contribution in [-0.4, -0.2) is 12.2 Å². The monoisotopic (exact) mass is 410 g/mol. The molecule has 0 amide bonds. The minimum Gasteiger partial charge on any atom is -0.492 e. The Labute approximate surface area is 178 Å². The molecule has 0 aliphatic heterocycles. The van der Waals surface area contributed by atoms with Crippen LogP contribution < -0.4 is 9.47 Å². The highest BCUT2D eigenvalue weighted by Crippen LogP contribution is 2.29. The van der Waals surface area contributed by atoms with Crippen LogP contribution >= 0.6 is 11.6 Å². The number of halogens is 1. The van der Waals surface area contributed by atoms with Gasteiger partial charge in [-0.25, -0.2) is 0 Å². The van der Waals surface area contributed by atoms with E-state index in [2.05, 4.69) is 13.8 Å². The SMILES string of the molecule is CCOc1ccc(CC(C)(C)OCc2cccc(Oc3ccccc3)c2)cc1Cl. The lowest BCUT2D eigenvalue weighted by atomic mass is 9.98. The number of hydrogen-bond donors (Lipinski definition) is 0. The summed E-state index contributed by atoms with van der Waals surface area (Å²) < 4.78 is 17.6. The van der Waals surface area contributed by atoms with Crippen LogP contribution in [0, 0.1) is 0 Å². The largest absolute Gasteiger partial charge is 0.492 e.